The van der Waals surface area contributed by atoms with Gasteiger partial charge in [0, 0.05) is 0 Å². The Morgan fingerprint density at radius 2 is 1.22 bits per heavy atom. The minimum Gasteiger partial charge on any atom is -0.0874 e. The van der Waals surface area contributed by atoms with Gasteiger partial charge in [0.15, 0.2) is 0 Å². The van der Waals surface area contributed by atoms with Crippen LogP contribution in [0.15, 0.2) is 47.6 Å². The Bertz CT molecular complexity index is 249. The van der Waals surface area contributed by atoms with Crippen LogP contribution >= 0.6 is 0 Å². The summed E-state index contributed by atoms with van der Waals surface area (Å²) in [5.41, 5.74) is 2.78. The summed E-state index contributed by atoms with van der Waals surface area (Å²) in [4.78, 5) is 0. The van der Waals surface area contributed by atoms with Gasteiger partial charge in [-0.1, -0.05) is 71.1 Å². The molecule has 0 atom stereocenters. The Kier molecular flexibility index (Phi) is 26.2. The van der Waals surface area contributed by atoms with Crippen molar-refractivity contribution in [3.63, 3.8) is 0 Å². The molecule has 0 rings (SSSR count). The maximum absolute atomic E-state index is 2.28. The normalized spacial score (nSPS) is 12.0. The summed E-state index contributed by atoms with van der Waals surface area (Å²) in [6, 6.07) is 0. The second kappa shape index (κ2) is 21.3. The number of hydrogen-bond donors (Lipinski definition) is 0. The zero-order chi connectivity index (χ0) is 14.8. The predicted molar refractivity (Wildman–Crippen MR) is 89.1 cm³/mol. The van der Waals surface area contributed by atoms with Crippen molar-refractivity contribution in [3.8, 4) is 0 Å². The van der Waals surface area contributed by atoms with Gasteiger partial charge in [-0.15, -0.1) is 0 Å². The molecule has 0 aliphatic carbocycles. The minimum absolute atomic E-state index is 1.04. The first-order valence-electron chi connectivity index (χ1n) is 7.38. The van der Waals surface area contributed by atoms with Gasteiger partial charge in [0.2, 0.25) is 0 Å². The molecule has 0 aliphatic rings. The minimum atomic E-state index is 1.04. The van der Waals surface area contributed by atoms with Crippen molar-refractivity contribution >= 4 is 0 Å². The highest BCUT2D eigenvalue weighted by Crippen LogP contribution is 2.14. The molecule has 0 heteroatoms. The number of rotatable bonds is 5. The van der Waals surface area contributed by atoms with E-state index in [0.29, 0.717) is 0 Å². The average molecular weight is 250 g/mol. The Balaban J connectivity index is -0.000000506. The summed E-state index contributed by atoms with van der Waals surface area (Å²) < 4.78 is 0. The van der Waals surface area contributed by atoms with Crippen LogP contribution in [-0.2, 0) is 0 Å². The zero-order valence-corrected chi connectivity index (χ0v) is 13.9. The van der Waals surface area contributed by atoms with Crippen molar-refractivity contribution in [2.75, 3.05) is 0 Å². The molecule has 0 spiro atoms. The van der Waals surface area contributed by atoms with E-state index < -0.39 is 0 Å². The molecule has 0 aromatic heterocycles. The second-order valence-electron chi connectivity index (χ2n) is 3.23. The van der Waals surface area contributed by atoms with E-state index in [4.69, 9.17) is 0 Å². The number of hydrogen-bond acceptors (Lipinski definition) is 0. The lowest BCUT2D eigenvalue weighted by molar-refractivity contribution is 1.13. The Morgan fingerprint density at radius 1 is 0.778 bits per heavy atom. The summed E-state index contributed by atoms with van der Waals surface area (Å²) in [5, 5.41) is 0. The fourth-order valence-electron chi connectivity index (χ4n) is 1.38. The van der Waals surface area contributed by atoms with E-state index in [1.165, 1.54) is 11.1 Å². The molecule has 18 heavy (non-hydrogen) atoms. The zero-order valence-electron chi connectivity index (χ0n) is 13.9. The molecule has 0 nitrogen and oxygen atoms in total. The lowest BCUT2D eigenvalue weighted by atomic mass is 10.0. The van der Waals surface area contributed by atoms with E-state index in [1.54, 1.807) is 0 Å². The topological polar surface area (TPSA) is 0 Å². The lowest BCUT2D eigenvalue weighted by Gasteiger charge is -2.03. The fourth-order valence-corrected chi connectivity index (χ4v) is 1.38. The van der Waals surface area contributed by atoms with Gasteiger partial charge in [-0.3, -0.25) is 0 Å². The van der Waals surface area contributed by atoms with Crippen molar-refractivity contribution in [3.05, 3.63) is 47.6 Å². The Morgan fingerprint density at radius 3 is 1.56 bits per heavy atom. The monoisotopic (exact) mass is 250 g/mol. The molecule has 0 saturated carbocycles. The Labute approximate surface area is 116 Å². The molecule has 0 aromatic rings. The maximum Gasteiger partial charge on any atom is -0.00324 e. The molecule has 0 aliphatic heterocycles. The third-order valence-electron chi connectivity index (χ3n) is 2.01. The van der Waals surface area contributed by atoms with Crippen LogP contribution in [0, 0.1) is 0 Å². The Hall–Kier alpha value is -1.04. The quantitative estimate of drug-likeness (QED) is 0.467. The number of allylic oxidation sites excluding steroid dienone is 8. The third kappa shape index (κ3) is 15.0. The van der Waals surface area contributed by atoms with Crippen molar-refractivity contribution in [1.29, 1.82) is 0 Å². The first-order valence-corrected chi connectivity index (χ1v) is 7.38. The van der Waals surface area contributed by atoms with E-state index in [9.17, 15) is 0 Å². The molecule has 0 amide bonds. The predicted octanol–water partition coefficient (Wildman–Crippen LogP) is 6.86. The summed E-state index contributed by atoms with van der Waals surface area (Å²) in [6.45, 7) is 16.4. The van der Waals surface area contributed by atoms with Crippen LogP contribution in [0.25, 0.3) is 0 Å². The summed E-state index contributed by atoms with van der Waals surface area (Å²) in [7, 11) is 0. The molecule has 0 heterocycles. The van der Waals surface area contributed by atoms with Crippen LogP contribution < -0.4 is 0 Å². The molecule has 0 unspecified atom stereocenters. The highest BCUT2D eigenvalue weighted by Gasteiger charge is 1.94. The molecular weight excluding hydrogens is 216 g/mol. The van der Waals surface area contributed by atoms with E-state index in [2.05, 4.69) is 64.2 Å². The van der Waals surface area contributed by atoms with Gasteiger partial charge in [0.05, 0.1) is 0 Å². The highest BCUT2D eigenvalue weighted by atomic mass is 14.0. The SMILES string of the molecule is C/C=C\C(=C/C)CC(/C=C\C)=C/CC.CC.CC. The molecule has 0 radical (unpaired) electrons. The van der Waals surface area contributed by atoms with Crippen LogP contribution in [-0.4, -0.2) is 0 Å². The highest BCUT2D eigenvalue weighted by molar-refractivity contribution is 5.30. The first-order chi connectivity index (χ1) is 8.78. The van der Waals surface area contributed by atoms with Gasteiger partial charge in [-0.05, 0) is 44.8 Å². The van der Waals surface area contributed by atoms with E-state index in [-0.39, 0.29) is 0 Å². The standard InChI is InChI=1S/C14H22.2C2H6/c1-5-9-13(8-4)12-14(10-6-2)11-7-3;2*1-2/h5-6,8-11H,7,12H2,1-4H3;2*1-2H3/b9-5-,10-6-,13-8+,14-11+;;. The van der Waals surface area contributed by atoms with Crippen molar-refractivity contribution in [2.45, 2.75) is 68.2 Å². The summed E-state index contributed by atoms with van der Waals surface area (Å²) >= 11 is 0. The maximum atomic E-state index is 2.28. The fraction of sp³-hybridized carbons (Fsp3) is 0.556. The van der Waals surface area contributed by atoms with Crippen molar-refractivity contribution < 1.29 is 0 Å². The lowest BCUT2D eigenvalue weighted by Crippen LogP contribution is -1.83. The third-order valence-corrected chi connectivity index (χ3v) is 2.01. The van der Waals surface area contributed by atoms with Gasteiger partial charge >= 0.3 is 0 Å². The van der Waals surface area contributed by atoms with Crippen molar-refractivity contribution in [1.82, 2.24) is 0 Å². The summed E-state index contributed by atoms with van der Waals surface area (Å²) in [5.74, 6) is 0. The molecule has 106 valence electrons. The van der Waals surface area contributed by atoms with Gasteiger partial charge < -0.3 is 0 Å². The molecular formula is C18H34. The van der Waals surface area contributed by atoms with Crippen LogP contribution in [0.2, 0.25) is 0 Å². The van der Waals surface area contributed by atoms with E-state index in [0.717, 1.165) is 12.8 Å². The van der Waals surface area contributed by atoms with Gasteiger partial charge in [0.25, 0.3) is 0 Å². The van der Waals surface area contributed by atoms with Gasteiger partial charge in [0.1, 0.15) is 0 Å². The van der Waals surface area contributed by atoms with Gasteiger partial charge in [-0.2, -0.15) is 0 Å². The molecule has 0 N–H and O–H groups in total. The van der Waals surface area contributed by atoms with Gasteiger partial charge in [-0.25, -0.2) is 0 Å². The van der Waals surface area contributed by atoms with Crippen LogP contribution in [0.5, 0.6) is 0 Å². The first kappa shape index (κ1) is 22.2. The van der Waals surface area contributed by atoms with Crippen LogP contribution in [0.1, 0.15) is 68.2 Å². The average Bonchev–Trinajstić information content (AvgIpc) is 2.43. The smallest absolute Gasteiger partial charge is 0.00324 e. The van der Waals surface area contributed by atoms with Crippen LogP contribution in [0.4, 0.5) is 0 Å². The van der Waals surface area contributed by atoms with E-state index in [1.807, 2.05) is 27.7 Å². The largest absolute Gasteiger partial charge is 0.0874 e. The van der Waals surface area contributed by atoms with Crippen molar-refractivity contribution in [2.24, 2.45) is 0 Å². The second-order valence-corrected chi connectivity index (χ2v) is 3.23. The van der Waals surface area contributed by atoms with Crippen LogP contribution in [0.3, 0.4) is 0 Å². The molecule has 0 aromatic carbocycles. The van der Waals surface area contributed by atoms with E-state index >= 15 is 0 Å². The summed E-state index contributed by atoms with van der Waals surface area (Å²) in [6.07, 6.45) is 15.2. The molecule has 0 bridgehead atoms. The molecule has 0 saturated heterocycles. The molecule has 0 fully saturated rings.